The van der Waals surface area contributed by atoms with Gasteiger partial charge in [0.25, 0.3) is 5.69 Å². The van der Waals surface area contributed by atoms with Gasteiger partial charge in [0.2, 0.25) is 15.7 Å². The van der Waals surface area contributed by atoms with Crippen LogP contribution in [0.2, 0.25) is 5.02 Å². The molecule has 3 rings (SSSR count). The van der Waals surface area contributed by atoms with E-state index < -0.39 is 37.3 Å². The van der Waals surface area contributed by atoms with Gasteiger partial charge in [0.15, 0.2) is 5.58 Å². The number of carbonyl (C=O) groups is 1. The lowest BCUT2D eigenvalue weighted by molar-refractivity contribution is -0.384. The van der Waals surface area contributed by atoms with Gasteiger partial charge in [-0.3, -0.25) is 14.9 Å². The van der Waals surface area contributed by atoms with Crippen LogP contribution >= 0.6 is 11.6 Å². The van der Waals surface area contributed by atoms with E-state index in [1.165, 1.54) is 12.1 Å². The van der Waals surface area contributed by atoms with Gasteiger partial charge in [-0.05, 0) is 24.3 Å². The van der Waals surface area contributed by atoms with E-state index in [2.05, 4.69) is 10.3 Å². The SMILES string of the molecule is O=C(CS(=O)(=O)c1nc2ccccc2o1)Nc1ccc(Cl)c([N+](=O)[O-])c1. The van der Waals surface area contributed by atoms with Gasteiger partial charge in [-0.25, -0.2) is 8.42 Å². The zero-order chi connectivity index (χ0) is 18.9. The van der Waals surface area contributed by atoms with Gasteiger partial charge in [0, 0.05) is 11.8 Å². The highest BCUT2D eigenvalue weighted by Crippen LogP contribution is 2.27. The molecule has 26 heavy (non-hydrogen) atoms. The number of sulfone groups is 1. The molecule has 0 atom stereocenters. The van der Waals surface area contributed by atoms with Crippen molar-refractivity contribution >= 4 is 49.8 Å². The van der Waals surface area contributed by atoms with E-state index in [1.807, 2.05) is 0 Å². The number of nitro groups is 1. The second-order valence-corrected chi connectivity index (χ2v) is 7.45. The first-order chi connectivity index (χ1) is 12.3. The standard InChI is InChI=1S/C15H10ClN3O6S/c16-10-6-5-9(7-12(10)19(21)22)17-14(20)8-26(23,24)15-18-11-3-1-2-4-13(11)25-15/h1-7H,8H2,(H,17,20). The van der Waals surface area contributed by atoms with Crippen molar-refractivity contribution in [3.8, 4) is 0 Å². The Labute approximate surface area is 151 Å². The van der Waals surface area contributed by atoms with E-state index in [4.69, 9.17) is 16.0 Å². The third-order valence-corrected chi connectivity index (χ3v) is 4.96. The largest absolute Gasteiger partial charge is 0.428 e. The van der Waals surface area contributed by atoms with Crippen LogP contribution in [0.4, 0.5) is 11.4 Å². The number of benzene rings is 2. The Bertz CT molecular complexity index is 1090. The molecule has 11 heteroatoms. The summed E-state index contributed by atoms with van der Waals surface area (Å²) in [5, 5.41) is 12.4. The van der Waals surface area contributed by atoms with Gasteiger partial charge < -0.3 is 9.73 Å². The number of aromatic nitrogens is 1. The highest BCUT2D eigenvalue weighted by molar-refractivity contribution is 7.91. The van der Waals surface area contributed by atoms with Gasteiger partial charge in [-0.1, -0.05) is 23.7 Å². The Hall–Kier alpha value is -2.98. The molecule has 1 amide bonds. The molecule has 2 aromatic carbocycles. The molecule has 1 N–H and O–H groups in total. The molecular formula is C15H10ClN3O6S. The highest BCUT2D eigenvalue weighted by Gasteiger charge is 2.26. The number of fused-ring (bicyclic) bond motifs is 1. The van der Waals surface area contributed by atoms with Crippen molar-refractivity contribution in [2.75, 3.05) is 11.1 Å². The minimum atomic E-state index is -4.13. The third-order valence-electron chi connectivity index (χ3n) is 3.29. The number of halogens is 1. The van der Waals surface area contributed by atoms with Crippen molar-refractivity contribution in [1.29, 1.82) is 0 Å². The number of nitrogens with one attached hydrogen (secondary N) is 1. The van der Waals surface area contributed by atoms with Crippen LogP contribution in [0, 0.1) is 10.1 Å². The monoisotopic (exact) mass is 395 g/mol. The summed E-state index contributed by atoms with van der Waals surface area (Å²) in [6, 6.07) is 10.0. The molecule has 0 radical (unpaired) electrons. The highest BCUT2D eigenvalue weighted by atomic mass is 35.5. The number of rotatable bonds is 5. The lowest BCUT2D eigenvalue weighted by atomic mass is 10.3. The predicted molar refractivity (Wildman–Crippen MR) is 92.8 cm³/mol. The number of hydrogen-bond donors (Lipinski definition) is 1. The molecule has 0 spiro atoms. The molecule has 0 saturated heterocycles. The quantitative estimate of drug-likeness (QED) is 0.518. The van der Waals surface area contributed by atoms with E-state index in [-0.39, 0.29) is 16.3 Å². The topological polar surface area (TPSA) is 132 Å². The van der Waals surface area contributed by atoms with Crippen LogP contribution in [0.5, 0.6) is 0 Å². The fraction of sp³-hybridized carbons (Fsp3) is 0.0667. The van der Waals surface area contributed by atoms with Gasteiger partial charge in [-0.15, -0.1) is 0 Å². The number of nitrogens with zero attached hydrogens (tertiary/aromatic N) is 2. The summed E-state index contributed by atoms with van der Waals surface area (Å²) in [5.74, 6) is -1.83. The van der Waals surface area contributed by atoms with Gasteiger partial charge in [0.1, 0.15) is 16.3 Å². The van der Waals surface area contributed by atoms with E-state index in [1.54, 1.807) is 24.3 Å². The maximum Gasteiger partial charge on any atom is 0.316 e. The van der Waals surface area contributed by atoms with Crippen molar-refractivity contribution in [3.63, 3.8) is 0 Å². The zero-order valence-corrected chi connectivity index (χ0v) is 14.5. The van der Waals surface area contributed by atoms with Crippen molar-refractivity contribution in [2.45, 2.75) is 5.22 Å². The Morgan fingerprint density at radius 3 is 2.69 bits per heavy atom. The third kappa shape index (κ3) is 3.65. The summed E-state index contributed by atoms with van der Waals surface area (Å²) in [6.07, 6.45) is 0. The fourth-order valence-corrected chi connectivity index (χ4v) is 3.33. The number of nitro benzene ring substituents is 1. The molecule has 0 saturated carbocycles. The van der Waals surface area contributed by atoms with Crippen molar-refractivity contribution < 1.29 is 22.6 Å². The number of anilines is 1. The van der Waals surface area contributed by atoms with Crippen molar-refractivity contribution in [2.24, 2.45) is 0 Å². The molecule has 0 aliphatic carbocycles. The maximum absolute atomic E-state index is 12.3. The summed E-state index contributed by atoms with van der Waals surface area (Å²) in [4.78, 5) is 26.0. The summed E-state index contributed by atoms with van der Waals surface area (Å²) >= 11 is 5.68. The van der Waals surface area contributed by atoms with E-state index in [0.29, 0.717) is 5.52 Å². The molecule has 0 aliphatic rings. The Morgan fingerprint density at radius 1 is 1.27 bits per heavy atom. The molecule has 0 unspecified atom stereocenters. The normalized spacial score (nSPS) is 11.4. The van der Waals surface area contributed by atoms with Crippen LogP contribution in [-0.2, 0) is 14.6 Å². The van der Waals surface area contributed by atoms with Gasteiger partial charge in [0.05, 0.1) is 4.92 Å². The Morgan fingerprint density at radius 2 is 2.00 bits per heavy atom. The molecular weight excluding hydrogens is 386 g/mol. The van der Waals surface area contributed by atoms with E-state index in [9.17, 15) is 23.3 Å². The average Bonchev–Trinajstić information content (AvgIpc) is 3.01. The summed E-state index contributed by atoms with van der Waals surface area (Å²) in [6.45, 7) is 0. The number of carbonyl (C=O) groups excluding carboxylic acids is 1. The number of amides is 1. The molecule has 134 valence electrons. The second-order valence-electron chi connectivity index (χ2n) is 5.18. The van der Waals surface area contributed by atoms with Crippen LogP contribution in [0.25, 0.3) is 11.1 Å². The summed E-state index contributed by atoms with van der Waals surface area (Å²) in [5.41, 5.74) is 0.254. The Kier molecular flexibility index (Phi) is 4.62. The molecule has 0 fully saturated rings. The van der Waals surface area contributed by atoms with Gasteiger partial charge >= 0.3 is 5.22 Å². The van der Waals surface area contributed by atoms with Crippen molar-refractivity contribution in [1.82, 2.24) is 4.98 Å². The fourth-order valence-electron chi connectivity index (χ4n) is 2.15. The second kappa shape index (κ2) is 6.73. The molecule has 0 bridgehead atoms. The maximum atomic E-state index is 12.3. The Balaban J connectivity index is 1.78. The first-order valence-electron chi connectivity index (χ1n) is 7.08. The van der Waals surface area contributed by atoms with Crippen molar-refractivity contribution in [3.05, 3.63) is 57.6 Å². The zero-order valence-electron chi connectivity index (χ0n) is 12.9. The van der Waals surface area contributed by atoms with E-state index >= 15 is 0 Å². The van der Waals surface area contributed by atoms with Crippen LogP contribution in [0.1, 0.15) is 0 Å². The minimum absolute atomic E-state index is 0.0406. The lowest BCUT2D eigenvalue weighted by Crippen LogP contribution is -2.23. The molecule has 1 aromatic heterocycles. The molecule has 0 aliphatic heterocycles. The number of para-hydroxylation sites is 2. The summed E-state index contributed by atoms with van der Waals surface area (Å²) < 4.78 is 29.7. The van der Waals surface area contributed by atoms with E-state index in [0.717, 1.165) is 6.07 Å². The number of oxazole rings is 1. The molecule has 1 heterocycles. The van der Waals surface area contributed by atoms with Crippen LogP contribution in [0.15, 0.2) is 52.1 Å². The number of hydrogen-bond acceptors (Lipinski definition) is 7. The average molecular weight is 396 g/mol. The van der Waals surface area contributed by atoms with Crippen LogP contribution < -0.4 is 5.32 Å². The predicted octanol–water partition coefficient (Wildman–Crippen LogP) is 2.80. The van der Waals surface area contributed by atoms with Crippen LogP contribution in [-0.4, -0.2) is 30.0 Å². The summed E-state index contributed by atoms with van der Waals surface area (Å²) in [7, 11) is -4.13. The first kappa shape index (κ1) is 17.8. The van der Waals surface area contributed by atoms with Crippen LogP contribution in [0.3, 0.4) is 0 Å². The van der Waals surface area contributed by atoms with Gasteiger partial charge in [-0.2, -0.15) is 4.98 Å². The molecule has 3 aromatic rings. The molecule has 9 nitrogen and oxygen atoms in total. The first-order valence-corrected chi connectivity index (χ1v) is 9.11. The smallest absolute Gasteiger partial charge is 0.316 e. The minimum Gasteiger partial charge on any atom is -0.428 e. The lowest BCUT2D eigenvalue weighted by Gasteiger charge is -2.05.